The van der Waals surface area contributed by atoms with Gasteiger partial charge in [-0.2, -0.15) is 0 Å². The second kappa shape index (κ2) is 7.36. The van der Waals surface area contributed by atoms with Gasteiger partial charge in [0.05, 0.1) is 11.2 Å². The van der Waals surface area contributed by atoms with Gasteiger partial charge in [-0.05, 0) is 24.3 Å². The summed E-state index contributed by atoms with van der Waals surface area (Å²) in [6, 6.07) is 14.1. The molecule has 8 heteroatoms. The van der Waals surface area contributed by atoms with Gasteiger partial charge in [-0.3, -0.25) is 9.78 Å². The summed E-state index contributed by atoms with van der Waals surface area (Å²) in [5, 5.41) is 6.22. The van der Waals surface area contributed by atoms with E-state index >= 15 is 0 Å². The van der Waals surface area contributed by atoms with Crippen LogP contribution in [0.2, 0.25) is 0 Å². The fourth-order valence-corrected chi connectivity index (χ4v) is 2.69. The highest BCUT2D eigenvalue weighted by molar-refractivity contribution is 6.03. The van der Waals surface area contributed by atoms with Gasteiger partial charge in [0.1, 0.15) is 35.2 Å². The molecule has 0 aliphatic carbocycles. The predicted octanol–water partition coefficient (Wildman–Crippen LogP) is 4.30. The topological polar surface area (TPSA) is 79.8 Å². The van der Waals surface area contributed by atoms with Crippen LogP contribution in [0.1, 0.15) is 10.5 Å². The standard InChI is InChI=1S/C20H13F2N5O/c21-13-6-2-7-14(22)19(13)27-20(28)16-10-17(25-11-24-16)26-15-8-1-4-12-5-3-9-23-18(12)15/h1-11H,(H,27,28)(H,24,25,26). The normalized spacial score (nSPS) is 10.6. The summed E-state index contributed by atoms with van der Waals surface area (Å²) >= 11 is 0. The fourth-order valence-electron chi connectivity index (χ4n) is 2.69. The molecular formula is C20H13F2N5O. The number of halogens is 2. The number of nitrogens with one attached hydrogen (secondary N) is 2. The molecule has 2 aromatic carbocycles. The van der Waals surface area contributed by atoms with Crippen LogP contribution in [0.4, 0.5) is 26.0 Å². The summed E-state index contributed by atoms with van der Waals surface area (Å²) in [5.41, 5.74) is 0.860. The SMILES string of the molecule is O=C(Nc1c(F)cccc1F)c1cc(Nc2cccc3cccnc23)ncn1. The summed E-state index contributed by atoms with van der Waals surface area (Å²) in [6.45, 7) is 0. The van der Waals surface area contributed by atoms with Crippen LogP contribution in [0.3, 0.4) is 0 Å². The minimum Gasteiger partial charge on any atom is -0.338 e. The average Bonchev–Trinajstić information content (AvgIpc) is 2.71. The molecule has 0 fully saturated rings. The number of pyridine rings is 1. The minimum atomic E-state index is -0.873. The van der Waals surface area contributed by atoms with E-state index in [4.69, 9.17) is 0 Å². The van der Waals surface area contributed by atoms with Crippen molar-refractivity contribution in [2.75, 3.05) is 10.6 Å². The number of anilines is 3. The van der Waals surface area contributed by atoms with Gasteiger partial charge < -0.3 is 10.6 Å². The van der Waals surface area contributed by atoms with E-state index in [9.17, 15) is 13.6 Å². The molecule has 2 heterocycles. The molecule has 0 bridgehead atoms. The molecular weight excluding hydrogens is 364 g/mol. The molecule has 28 heavy (non-hydrogen) atoms. The van der Waals surface area contributed by atoms with Crippen molar-refractivity contribution in [1.29, 1.82) is 0 Å². The van der Waals surface area contributed by atoms with Gasteiger partial charge in [-0.1, -0.05) is 24.3 Å². The quantitative estimate of drug-likeness (QED) is 0.554. The lowest BCUT2D eigenvalue weighted by molar-refractivity contribution is 0.102. The Kier molecular flexibility index (Phi) is 4.59. The second-order valence-corrected chi connectivity index (χ2v) is 5.84. The number of nitrogens with zero attached hydrogens (tertiary/aromatic N) is 3. The molecule has 0 atom stereocenters. The van der Waals surface area contributed by atoms with Crippen molar-refractivity contribution in [1.82, 2.24) is 15.0 Å². The molecule has 4 aromatic rings. The first-order valence-electron chi connectivity index (χ1n) is 8.30. The number of hydrogen-bond acceptors (Lipinski definition) is 5. The van der Waals surface area contributed by atoms with Gasteiger partial charge in [-0.25, -0.2) is 18.7 Å². The van der Waals surface area contributed by atoms with Crippen molar-refractivity contribution >= 4 is 34.0 Å². The van der Waals surface area contributed by atoms with Gasteiger partial charge >= 0.3 is 0 Å². The van der Waals surface area contributed by atoms with Gasteiger partial charge in [0, 0.05) is 17.6 Å². The number of amides is 1. The molecule has 1 amide bonds. The van der Waals surface area contributed by atoms with Crippen LogP contribution in [-0.4, -0.2) is 20.9 Å². The van der Waals surface area contributed by atoms with Gasteiger partial charge in [-0.15, -0.1) is 0 Å². The molecule has 0 saturated heterocycles. The predicted molar refractivity (Wildman–Crippen MR) is 101 cm³/mol. The zero-order valence-electron chi connectivity index (χ0n) is 14.4. The second-order valence-electron chi connectivity index (χ2n) is 5.84. The molecule has 0 saturated carbocycles. The van der Waals surface area contributed by atoms with Crippen LogP contribution in [0.25, 0.3) is 10.9 Å². The van der Waals surface area contributed by atoms with Crippen molar-refractivity contribution in [2.45, 2.75) is 0 Å². The van der Waals surface area contributed by atoms with Gasteiger partial charge in [0.25, 0.3) is 5.91 Å². The Bertz CT molecular complexity index is 1160. The Morgan fingerprint density at radius 2 is 1.64 bits per heavy atom. The van der Waals surface area contributed by atoms with Crippen molar-refractivity contribution in [3.63, 3.8) is 0 Å². The maximum Gasteiger partial charge on any atom is 0.274 e. The Labute approximate surface area is 158 Å². The highest BCUT2D eigenvalue weighted by Gasteiger charge is 2.15. The lowest BCUT2D eigenvalue weighted by Crippen LogP contribution is -2.16. The van der Waals surface area contributed by atoms with Crippen molar-refractivity contribution in [3.05, 3.63) is 84.4 Å². The number of para-hydroxylation sites is 2. The monoisotopic (exact) mass is 377 g/mol. The first-order chi connectivity index (χ1) is 13.6. The first-order valence-corrected chi connectivity index (χ1v) is 8.30. The lowest BCUT2D eigenvalue weighted by Gasteiger charge is -2.10. The van der Waals surface area contributed by atoms with E-state index in [0.717, 1.165) is 23.0 Å². The van der Waals surface area contributed by atoms with E-state index in [-0.39, 0.29) is 5.69 Å². The molecule has 6 nitrogen and oxygen atoms in total. The van der Waals surface area contributed by atoms with Crippen LogP contribution in [-0.2, 0) is 0 Å². The molecule has 138 valence electrons. The summed E-state index contributed by atoms with van der Waals surface area (Å²) in [4.78, 5) is 24.7. The first kappa shape index (κ1) is 17.5. The summed E-state index contributed by atoms with van der Waals surface area (Å²) in [5.74, 6) is -2.16. The Morgan fingerprint density at radius 1 is 0.893 bits per heavy atom. The Morgan fingerprint density at radius 3 is 2.46 bits per heavy atom. The van der Waals surface area contributed by atoms with Crippen molar-refractivity contribution in [3.8, 4) is 0 Å². The van der Waals surface area contributed by atoms with Crippen LogP contribution in [0, 0.1) is 11.6 Å². The van der Waals surface area contributed by atoms with Crippen LogP contribution in [0.15, 0.2) is 67.1 Å². The average molecular weight is 377 g/mol. The highest BCUT2D eigenvalue weighted by Crippen LogP contribution is 2.24. The molecule has 2 aromatic heterocycles. The lowest BCUT2D eigenvalue weighted by atomic mass is 10.2. The van der Waals surface area contributed by atoms with E-state index in [2.05, 4.69) is 25.6 Å². The number of carbonyl (C=O) groups is 1. The van der Waals surface area contributed by atoms with E-state index in [1.165, 1.54) is 18.5 Å². The maximum atomic E-state index is 13.7. The van der Waals surface area contributed by atoms with E-state index in [0.29, 0.717) is 11.5 Å². The largest absolute Gasteiger partial charge is 0.338 e. The van der Waals surface area contributed by atoms with Crippen molar-refractivity contribution < 1.29 is 13.6 Å². The number of rotatable bonds is 4. The number of aromatic nitrogens is 3. The number of hydrogen-bond donors (Lipinski definition) is 2. The van der Waals surface area contributed by atoms with Crippen LogP contribution in [0.5, 0.6) is 0 Å². The number of benzene rings is 2. The molecule has 0 spiro atoms. The molecule has 2 N–H and O–H groups in total. The molecule has 4 rings (SSSR count). The van der Waals surface area contributed by atoms with Crippen LogP contribution >= 0.6 is 0 Å². The van der Waals surface area contributed by atoms with Crippen molar-refractivity contribution in [2.24, 2.45) is 0 Å². The van der Waals surface area contributed by atoms with E-state index in [1.807, 2.05) is 30.3 Å². The van der Waals surface area contributed by atoms with Gasteiger partial charge in [0.2, 0.25) is 0 Å². The third kappa shape index (κ3) is 3.48. The molecule has 0 aliphatic rings. The highest BCUT2D eigenvalue weighted by atomic mass is 19.1. The zero-order chi connectivity index (χ0) is 19.5. The fraction of sp³-hybridized carbons (Fsp3) is 0. The number of carbonyl (C=O) groups excluding carboxylic acids is 1. The third-order valence-electron chi connectivity index (χ3n) is 4.00. The van der Waals surface area contributed by atoms with E-state index in [1.54, 1.807) is 6.20 Å². The molecule has 0 aliphatic heterocycles. The van der Waals surface area contributed by atoms with E-state index < -0.39 is 23.2 Å². The van der Waals surface area contributed by atoms with Crippen LogP contribution < -0.4 is 10.6 Å². The maximum absolute atomic E-state index is 13.7. The molecule has 0 radical (unpaired) electrons. The Balaban J connectivity index is 1.60. The summed E-state index contributed by atoms with van der Waals surface area (Å²) < 4.78 is 27.5. The number of fused-ring (bicyclic) bond motifs is 1. The summed E-state index contributed by atoms with van der Waals surface area (Å²) in [6.07, 6.45) is 2.86. The third-order valence-corrected chi connectivity index (χ3v) is 4.00. The zero-order valence-corrected chi connectivity index (χ0v) is 14.4. The molecule has 0 unspecified atom stereocenters. The smallest absolute Gasteiger partial charge is 0.274 e. The minimum absolute atomic E-state index is 0.0478. The van der Waals surface area contributed by atoms with Gasteiger partial charge in [0.15, 0.2) is 0 Å². The summed E-state index contributed by atoms with van der Waals surface area (Å²) in [7, 11) is 0. The Hall–Kier alpha value is -3.94.